The van der Waals surface area contributed by atoms with Crippen LogP contribution in [0.2, 0.25) is 0 Å². The van der Waals surface area contributed by atoms with Crippen LogP contribution in [-0.2, 0) is 0 Å². The molecule has 5 nitrogen and oxygen atoms in total. The number of nitriles is 3. The molecule has 2 aromatic heterocycles. The van der Waals surface area contributed by atoms with Gasteiger partial charge in [-0.05, 0) is 83.4 Å². The molecule has 0 aliphatic rings. The highest BCUT2D eigenvalue weighted by Gasteiger charge is 2.18. The predicted molar refractivity (Wildman–Crippen MR) is 200 cm³/mol. The van der Waals surface area contributed by atoms with Gasteiger partial charge in [0.1, 0.15) is 0 Å². The maximum Gasteiger partial charge on any atom is 0.0998 e. The number of rotatable bonds is 4. The minimum Gasteiger partial charge on any atom is -0.309 e. The third-order valence-corrected chi connectivity index (χ3v) is 9.62. The monoisotopic (exact) mass is 635 g/mol. The number of fused-ring (bicyclic) bond motifs is 6. The Morgan fingerprint density at radius 3 is 1.82 bits per heavy atom. The highest BCUT2D eigenvalue weighted by Crippen LogP contribution is 2.39. The van der Waals surface area contributed by atoms with E-state index < -0.39 is 0 Å². The van der Waals surface area contributed by atoms with E-state index >= 15 is 0 Å². The molecule has 0 fully saturated rings. The maximum absolute atomic E-state index is 10.5. The van der Waals surface area contributed by atoms with Gasteiger partial charge in [-0.3, -0.25) is 0 Å². The Balaban J connectivity index is 1.19. The van der Waals surface area contributed by atoms with Gasteiger partial charge in [0.25, 0.3) is 0 Å². The molecule has 9 rings (SSSR count). The molecule has 230 valence electrons. The van der Waals surface area contributed by atoms with E-state index in [4.69, 9.17) is 0 Å². The van der Waals surface area contributed by atoms with Crippen molar-refractivity contribution >= 4 is 43.6 Å². The summed E-state index contributed by atoms with van der Waals surface area (Å²) in [5.41, 5.74) is 11.5. The molecule has 2 heterocycles. The van der Waals surface area contributed by atoms with Crippen molar-refractivity contribution in [1.29, 1.82) is 15.8 Å². The normalized spacial score (nSPS) is 11.1. The summed E-state index contributed by atoms with van der Waals surface area (Å²) < 4.78 is 4.44. The number of hydrogen-bond donors (Lipinski definition) is 0. The molecule has 0 unspecified atom stereocenters. The Kier molecular flexibility index (Phi) is 6.56. The van der Waals surface area contributed by atoms with Crippen molar-refractivity contribution in [2.45, 2.75) is 0 Å². The third-order valence-electron chi connectivity index (χ3n) is 9.62. The second-order valence-electron chi connectivity index (χ2n) is 12.3. The fraction of sp³-hybridized carbons (Fsp3) is 0. The first-order valence-corrected chi connectivity index (χ1v) is 16.3. The van der Waals surface area contributed by atoms with Crippen molar-refractivity contribution in [2.75, 3.05) is 0 Å². The van der Waals surface area contributed by atoms with Gasteiger partial charge in [0, 0.05) is 32.8 Å². The average Bonchev–Trinajstić information content (AvgIpc) is 3.69. The van der Waals surface area contributed by atoms with Crippen LogP contribution in [-0.4, -0.2) is 9.13 Å². The Morgan fingerprint density at radius 2 is 1.02 bits per heavy atom. The number of hydrogen-bond acceptors (Lipinski definition) is 3. The molecular formula is C45H25N5. The summed E-state index contributed by atoms with van der Waals surface area (Å²) in [6, 6.07) is 57.8. The van der Waals surface area contributed by atoms with Crippen molar-refractivity contribution in [3.8, 4) is 51.8 Å². The summed E-state index contributed by atoms with van der Waals surface area (Å²) >= 11 is 0. The molecule has 0 radical (unpaired) electrons. The SMILES string of the molecule is N#Cc1ccc2c(c1)c1ccccc1n2-c1ccccc1-c1ccc(-c2cccc(-n3c4ccccc4c4ccc(C#N)cc43)c2)c(C#N)c1. The van der Waals surface area contributed by atoms with Crippen LogP contribution in [0.25, 0.3) is 77.2 Å². The van der Waals surface area contributed by atoms with Crippen molar-refractivity contribution in [1.82, 2.24) is 9.13 Å². The van der Waals surface area contributed by atoms with Gasteiger partial charge in [0.05, 0.1) is 62.7 Å². The molecule has 0 atom stereocenters. The molecule has 0 spiro atoms. The van der Waals surface area contributed by atoms with Crippen molar-refractivity contribution < 1.29 is 0 Å². The van der Waals surface area contributed by atoms with E-state index in [1.54, 1.807) is 0 Å². The van der Waals surface area contributed by atoms with Crippen LogP contribution in [0.15, 0.2) is 152 Å². The van der Waals surface area contributed by atoms with E-state index in [1.807, 2.05) is 97.1 Å². The van der Waals surface area contributed by atoms with Gasteiger partial charge in [0.15, 0.2) is 0 Å². The van der Waals surface area contributed by atoms with Crippen LogP contribution >= 0.6 is 0 Å². The standard InChI is InChI=1S/C45H25N5/c46-26-29-17-21-44-40(22-29)38-12-3-6-15-43(38)50(44)41-13-4-1-10-36(41)32-18-20-35(33(24-32)28-48)31-8-7-9-34(25-31)49-42-14-5-2-11-37(42)39-19-16-30(27-47)23-45(39)49/h1-25H. The van der Waals surface area contributed by atoms with E-state index in [1.165, 1.54) is 0 Å². The Labute approximate surface area is 287 Å². The first-order chi connectivity index (χ1) is 24.7. The van der Waals surface area contributed by atoms with Crippen LogP contribution < -0.4 is 0 Å². The zero-order valence-electron chi connectivity index (χ0n) is 26.7. The van der Waals surface area contributed by atoms with Crippen LogP contribution in [0.4, 0.5) is 0 Å². The molecule has 0 amide bonds. The highest BCUT2D eigenvalue weighted by atomic mass is 15.0. The number of aromatic nitrogens is 2. The first kappa shape index (κ1) is 28.8. The molecule has 9 aromatic rings. The van der Waals surface area contributed by atoms with Crippen molar-refractivity contribution in [2.24, 2.45) is 0 Å². The van der Waals surface area contributed by atoms with Gasteiger partial charge in [-0.1, -0.05) is 84.9 Å². The molecular weight excluding hydrogens is 611 g/mol. The number of benzene rings is 7. The lowest BCUT2D eigenvalue weighted by molar-refractivity contribution is 1.18. The number of para-hydroxylation sites is 3. The zero-order valence-corrected chi connectivity index (χ0v) is 26.7. The van der Waals surface area contributed by atoms with E-state index in [0.29, 0.717) is 16.7 Å². The van der Waals surface area contributed by atoms with Gasteiger partial charge < -0.3 is 9.13 Å². The summed E-state index contributed by atoms with van der Waals surface area (Å²) in [4.78, 5) is 0. The Bertz CT molecular complexity index is 2970. The van der Waals surface area contributed by atoms with Gasteiger partial charge in [0.2, 0.25) is 0 Å². The van der Waals surface area contributed by atoms with Gasteiger partial charge in [-0.25, -0.2) is 0 Å². The molecule has 0 aliphatic heterocycles. The van der Waals surface area contributed by atoms with E-state index in [0.717, 1.165) is 77.2 Å². The van der Waals surface area contributed by atoms with Gasteiger partial charge in [-0.15, -0.1) is 0 Å². The summed E-state index contributed by atoms with van der Waals surface area (Å²) in [5, 5.41) is 34.1. The van der Waals surface area contributed by atoms with Crippen LogP contribution in [0, 0.1) is 34.0 Å². The van der Waals surface area contributed by atoms with Gasteiger partial charge >= 0.3 is 0 Å². The Morgan fingerprint density at radius 1 is 0.380 bits per heavy atom. The van der Waals surface area contributed by atoms with Crippen LogP contribution in [0.3, 0.4) is 0 Å². The van der Waals surface area contributed by atoms with E-state index in [9.17, 15) is 15.8 Å². The molecule has 0 aliphatic carbocycles. The van der Waals surface area contributed by atoms with Crippen LogP contribution in [0.5, 0.6) is 0 Å². The summed E-state index contributed by atoms with van der Waals surface area (Å²) in [7, 11) is 0. The summed E-state index contributed by atoms with van der Waals surface area (Å²) in [6.07, 6.45) is 0. The number of nitrogens with zero attached hydrogens (tertiary/aromatic N) is 5. The fourth-order valence-electron chi connectivity index (χ4n) is 7.40. The second-order valence-corrected chi connectivity index (χ2v) is 12.3. The van der Waals surface area contributed by atoms with E-state index in [-0.39, 0.29) is 0 Å². The van der Waals surface area contributed by atoms with Crippen LogP contribution in [0.1, 0.15) is 16.7 Å². The summed E-state index contributed by atoms with van der Waals surface area (Å²) in [5.74, 6) is 0. The molecule has 0 bridgehead atoms. The smallest absolute Gasteiger partial charge is 0.0998 e. The lowest BCUT2D eigenvalue weighted by atomic mass is 9.94. The largest absolute Gasteiger partial charge is 0.309 e. The highest BCUT2D eigenvalue weighted by molar-refractivity contribution is 6.11. The van der Waals surface area contributed by atoms with Crippen molar-refractivity contribution in [3.63, 3.8) is 0 Å². The molecule has 50 heavy (non-hydrogen) atoms. The first-order valence-electron chi connectivity index (χ1n) is 16.3. The second kappa shape index (κ2) is 11.4. The molecule has 0 saturated carbocycles. The maximum atomic E-state index is 10.5. The summed E-state index contributed by atoms with van der Waals surface area (Å²) in [6.45, 7) is 0. The molecule has 0 N–H and O–H groups in total. The molecule has 7 aromatic carbocycles. The zero-order chi connectivity index (χ0) is 33.8. The molecule has 0 saturated heterocycles. The quantitative estimate of drug-likeness (QED) is 0.193. The minimum atomic E-state index is 0.573. The predicted octanol–water partition coefficient (Wildman–Crippen LogP) is 10.8. The Hall–Kier alpha value is -7.39. The van der Waals surface area contributed by atoms with Crippen molar-refractivity contribution in [3.05, 3.63) is 168 Å². The third kappa shape index (κ3) is 4.38. The van der Waals surface area contributed by atoms with E-state index in [2.05, 4.69) is 81.9 Å². The average molecular weight is 636 g/mol. The minimum absolute atomic E-state index is 0.573. The lowest BCUT2D eigenvalue weighted by Gasteiger charge is -2.15. The van der Waals surface area contributed by atoms with Gasteiger partial charge in [-0.2, -0.15) is 15.8 Å². The fourth-order valence-corrected chi connectivity index (χ4v) is 7.40. The lowest BCUT2D eigenvalue weighted by Crippen LogP contribution is -1.98. The molecule has 5 heteroatoms. The topological polar surface area (TPSA) is 81.2 Å².